The second-order valence-electron chi connectivity index (χ2n) is 7.21. The minimum absolute atomic E-state index is 0.141. The SMILES string of the molecule is COc1cc(/C=C2\SC(=O)N(Cc3ccccc3[N+](=O)[O-])C2=O)ccc1OCc1ccncc1. The predicted molar refractivity (Wildman–Crippen MR) is 126 cm³/mol. The number of imide groups is 1. The third kappa shape index (κ3) is 5.07. The van der Waals surface area contributed by atoms with Gasteiger partial charge in [0.1, 0.15) is 6.61 Å². The number of rotatable bonds is 8. The normalized spacial score (nSPS) is 14.5. The van der Waals surface area contributed by atoms with Crippen molar-refractivity contribution in [2.24, 2.45) is 0 Å². The Hall–Kier alpha value is -4.18. The molecular weight excluding hydrogens is 458 g/mol. The molecule has 10 heteroatoms. The van der Waals surface area contributed by atoms with E-state index < -0.39 is 16.1 Å². The van der Waals surface area contributed by atoms with E-state index in [9.17, 15) is 19.7 Å². The monoisotopic (exact) mass is 477 g/mol. The van der Waals surface area contributed by atoms with Crippen LogP contribution in [0.5, 0.6) is 11.5 Å². The molecule has 172 valence electrons. The number of hydrogen-bond donors (Lipinski definition) is 0. The molecule has 2 aromatic carbocycles. The van der Waals surface area contributed by atoms with E-state index in [-0.39, 0.29) is 22.7 Å². The highest BCUT2D eigenvalue weighted by molar-refractivity contribution is 8.18. The third-order valence-electron chi connectivity index (χ3n) is 5.02. The maximum Gasteiger partial charge on any atom is 0.293 e. The van der Waals surface area contributed by atoms with Gasteiger partial charge in [0.15, 0.2) is 11.5 Å². The molecule has 1 saturated heterocycles. The summed E-state index contributed by atoms with van der Waals surface area (Å²) in [5, 5.41) is 10.8. The summed E-state index contributed by atoms with van der Waals surface area (Å²) >= 11 is 0.786. The highest BCUT2D eigenvalue weighted by atomic mass is 32.2. The van der Waals surface area contributed by atoms with Crippen molar-refractivity contribution in [2.75, 3.05) is 7.11 Å². The van der Waals surface area contributed by atoms with E-state index >= 15 is 0 Å². The first-order valence-corrected chi connectivity index (χ1v) is 11.0. The minimum Gasteiger partial charge on any atom is -0.493 e. The third-order valence-corrected chi connectivity index (χ3v) is 5.93. The van der Waals surface area contributed by atoms with Gasteiger partial charge >= 0.3 is 0 Å². The largest absolute Gasteiger partial charge is 0.493 e. The number of carbonyl (C=O) groups excluding carboxylic acids is 2. The van der Waals surface area contributed by atoms with E-state index in [1.807, 2.05) is 12.1 Å². The maximum absolute atomic E-state index is 12.9. The topological polar surface area (TPSA) is 112 Å². The highest BCUT2D eigenvalue weighted by Crippen LogP contribution is 2.36. The Labute approximate surface area is 199 Å². The molecule has 2 heterocycles. The molecule has 1 fully saturated rings. The van der Waals surface area contributed by atoms with E-state index in [4.69, 9.17) is 9.47 Å². The minimum atomic E-state index is -0.533. The second-order valence-corrected chi connectivity index (χ2v) is 8.20. The van der Waals surface area contributed by atoms with Crippen LogP contribution in [0.1, 0.15) is 16.7 Å². The molecule has 0 unspecified atom stereocenters. The molecule has 0 atom stereocenters. The van der Waals surface area contributed by atoms with E-state index in [1.54, 1.807) is 42.7 Å². The van der Waals surface area contributed by atoms with Crippen LogP contribution in [-0.2, 0) is 17.9 Å². The molecule has 0 radical (unpaired) electrons. The van der Waals surface area contributed by atoms with Gasteiger partial charge in [-0.1, -0.05) is 24.3 Å². The lowest BCUT2D eigenvalue weighted by atomic mass is 10.1. The van der Waals surface area contributed by atoms with Gasteiger partial charge in [-0.3, -0.25) is 29.6 Å². The fourth-order valence-electron chi connectivity index (χ4n) is 3.31. The Morgan fingerprint density at radius 3 is 2.59 bits per heavy atom. The van der Waals surface area contributed by atoms with Crippen molar-refractivity contribution in [1.29, 1.82) is 0 Å². The summed E-state index contributed by atoms with van der Waals surface area (Å²) in [5.41, 5.74) is 1.74. The van der Waals surface area contributed by atoms with Gasteiger partial charge in [-0.25, -0.2) is 0 Å². The Bertz CT molecular complexity index is 1280. The second kappa shape index (κ2) is 10.2. The summed E-state index contributed by atoms with van der Waals surface area (Å²) in [6.45, 7) is 0.160. The number of hydrogen-bond acceptors (Lipinski definition) is 8. The van der Waals surface area contributed by atoms with Crippen molar-refractivity contribution < 1.29 is 24.0 Å². The van der Waals surface area contributed by atoms with Crippen molar-refractivity contribution in [2.45, 2.75) is 13.2 Å². The lowest BCUT2D eigenvalue weighted by Crippen LogP contribution is -2.27. The summed E-state index contributed by atoms with van der Waals surface area (Å²) in [4.78, 5) is 41.3. The number of ether oxygens (including phenoxy) is 2. The number of nitrogens with zero attached hydrogens (tertiary/aromatic N) is 3. The standard InChI is InChI=1S/C24H19N3O6S/c1-32-21-12-17(6-7-20(21)33-15-16-8-10-25-11-9-16)13-22-23(28)26(24(29)34-22)14-18-4-2-3-5-19(18)27(30)31/h2-13H,14-15H2,1H3/b22-13-. The highest BCUT2D eigenvalue weighted by Gasteiger charge is 2.36. The molecule has 34 heavy (non-hydrogen) atoms. The summed E-state index contributed by atoms with van der Waals surface area (Å²) in [5.74, 6) is 0.494. The average Bonchev–Trinajstić information content (AvgIpc) is 3.11. The van der Waals surface area contributed by atoms with Crippen LogP contribution in [0, 0.1) is 10.1 Å². The number of thioether (sulfide) groups is 1. The van der Waals surface area contributed by atoms with E-state index in [1.165, 1.54) is 25.3 Å². The van der Waals surface area contributed by atoms with Crippen molar-refractivity contribution in [3.63, 3.8) is 0 Å². The van der Waals surface area contributed by atoms with Gasteiger partial charge in [-0.2, -0.15) is 0 Å². The number of nitro groups is 1. The smallest absolute Gasteiger partial charge is 0.293 e. The first-order chi connectivity index (χ1) is 16.5. The summed E-state index contributed by atoms with van der Waals surface area (Å²) < 4.78 is 11.3. The molecule has 0 aliphatic carbocycles. The number of nitro benzene ring substituents is 1. The van der Waals surface area contributed by atoms with Gasteiger partial charge in [-0.15, -0.1) is 0 Å². The van der Waals surface area contributed by atoms with Gasteiger partial charge in [0.05, 0.1) is 23.5 Å². The van der Waals surface area contributed by atoms with Crippen molar-refractivity contribution >= 4 is 34.7 Å². The molecular formula is C24H19N3O6S. The van der Waals surface area contributed by atoms with Crippen LogP contribution in [0.4, 0.5) is 10.5 Å². The molecule has 0 spiro atoms. The molecule has 0 N–H and O–H groups in total. The average molecular weight is 477 g/mol. The Morgan fingerprint density at radius 1 is 1.09 bits per heavy atom. The lowest BCUT2D eigenvalue weighted by molar-refractivity contribution is -0.385. The van der Waals surface area contributed by atoms with Gasteiger partial charge in [0.25, 0.3) is 16.8 Å². The Morgan fingerprint density at radius 2 is 1.85 bits per heavy atom. The molecule has 4 rings (SSSR count). The summed E-state index contributed by atoms with van der Waals surface area (Å²) in [7, 11) is 1.51. The first kappa shape index (κ1) is 23.0. The summed E-state index contributed by atoms with van der Waals surface area (Å²) in [6.07, 6.45) is 4.95. The number of para-hydroxylation sites is 1. The summed E-state index contributed by atoms with van der Waals surface area (Å²) in [6, 6.07) is 14.9. The number of carbonyl (C=O) groups is 2. The van der Waals surface area contributed by atoms with Crippen LogP contribution in [0.2, 0.25) is 0 Å². The number of pyridine rings is 1. The number of methoxy groups -OCH3 is 1. The van der Waals surface area contributed by atoms with Crippen molar-refractivity contribution in [1.82, 2.24) is 9.88 Å². The molecule has 0 saturated carbocycles. The number of aromatic nitrogens is 1. The first-order valence-electron chi connectivity index (χ1n) is 10.1. The molecule has 1 aliphatic heterocycles. The van der Waals surface area contributed by atoms with Gasteiger partial charge in [-0.05, 0) is 53.2 Å². The zero-order valence-electron chi connectivity index (χ0n) is 18.0. The Kier molecular flexibility index (Phi) is 6.88. The Balaban J connectivity index is 1.51. The molecule has 0 bridgehead atoms. The molecule has 1 aliphatic rings. The van der Waals surface area contributed by atoms with Crippen LogP contribution in [0.15, 0.2) is 71.9 Å². The molecule has 1 aromatic heterocycles. The molecule has 2 amide bonds. The van der Waals surface area contributed by atoms with Crippen LogP contribution in [0.3, 0.4) is 0 Å². The zero-order chi connectivity index (χ0) is 24.1. The van der Waals surface area contributed by atoms with Crippen LogP contribution in [-0.4, -0.2) is 33.1 Å². The number of amides is 2. The van der Waals surface area contributed by atoms with Crippen LogP contribution >= 0.6 is 11.8 Å². The van der Waals surface area contributed by atoms with E-state index in [0.29, 0.717) is 23.7 Å². The lowest BCUT2D eigenvalue weighted by Gasteiger charge is -2.12. The molecule has 9 nitrogen and oxygen atoms in total. The predicted octanol–water partition coefficient (Wildman–Crippen LogP) is 4.81. The van der Waals surface area contributed by atoms with E-state index in [2.05, 4.69) is 4.98 Å². The van der Waals surface area contributed by atoms with Crippen molar-refractivity contribution in [3.05, 3.63) is 98.7 Å². The van der Waals surface area contributed by atoms with Gasteiger partial charge in [0, 0.05) is 24.0 Å². The van der Waals surface area contributed by atoms with Crippen molar-refractivity contribution in [3.8, 4) is 11.5 Å². The van der Waals surface area contributed by atoms with E-state index in [0.717, 1.165) is 22.2 Å². The van der Waals surface area contributed by atoms with Crippen LogP contribution in [0.25, 0.3) is 6.08 Å². The number of benzene rings is 2. The van der Waals surface area contributed by atoms with Gasteiger partial charge < -0.3 is 9.47 Å². The fraction of sp³-hybridized carbons (Fsp3) is 0.125. The maximum atomic E-state index is 12.9. The van der Waals surface area contributed by atoms with Gasteiger partial charge in [0.2, 0.25) is 0 Å². The van der Waals surface area contributed by atoms with Crippen LogP contribution < -0.4 is 9.47 Å². The quantitative estimate of drug-likeness (QED) is 0.258. The molecule has 3 aromatic rings. The zero-order valence-corrected chi connectivity index (χ0v) is 18.9. The fourth-order valence-corrected chi connectivity index (χ4v) is 4.15.